The van der Waals surface area contributed by atoms with Crippen LogP contribution in [0.1, 0.15) is 31.2 Å². The van der Waals surface area contributed by atoms with Crippen molar-refractivity contribution < 1.29 is 4.92 Å². The highest BCUT2D eigenvalue weighted by Crippen LogP contribution is 2.23. The minimum atomic E-state index is -0.340. The van der Waals surface area contributed by atoms with Crippen molar-refractivity contribution in [1.29, 1.82) is 0 Å². The van der Waals surface area contributed by atoms with Crippen LogP contribution in [0, 0.1) is 17.0 Å². The molecular weight excluding hydrogens is 254 g/mol. The van der Waals surface area contributed by atoms with E-state index in [0.29, 0.717) is 5.56 Å². The summed E-state index contributed by atoms with van der Waals surface area (Å²) in [5.74, 6) is 0. The number of anilines is 1. The average Bonchev–Trinajstić information content (AvgIpc) is 2.92. The normalized spacial score (nSPS) is 15.8. The van der Waals surface area contributed by atoms with Crippen molar-refractivity contribution >= 4 is 11.4 Å². The SMILES string of the molecule is Cc1cc(NCCN(C)C2CCCC2)ccc1[N+](=O)[O-]. The quantitative estimate of drug-likeness (QED) is 0.641. The Morgan fingerprint density at radius 2 is 2.10 bits per heavy atom. The fraction of sp³-hybridized carbons (Fsp3) is 0.600. The number of benzene rings is 1. The molecule has 5 nitrogen and oxygen atoms in total. The van der Waals surface area contributed by atoms with Crippen LogP contribution in [0.15, 0.2) is 18.2 Å². The van der Waals surface area contributed by atoms with E-state index in [1.165, 1.54) is 25.7 Å². The van der Waals surface area contributed by atoms with Gasteiger partial charge in [-0.15, -0.1) is 0 Å². The molecule has 0 atom stereocenters. The smallest absolute Gasteiger partial charge is 0.272 e. The Bertz CT molecular complexity index is 470. The van der Waals surface area contributed by atoms with Crippen LogP contribution in [-0.4, -0.2) is 36.0 Å². The number of nitro groups is 1. The Kier molecular flexibility index (Phi) is 4.95. The summed E-state index contributed by atoms with van der Waals surface area (Å²) in [7, 11) is 2.18. The minimum Gasteiger partial charge on any atom is -0.384 e. The van der Waals surface area contributed by atoms with Crippen LogP contribution < -0.4 is 5.32 Å². The van der Waals surface area contributed by atoms with E-state index in [0.717, 1.165) is 24.8 Å². The van der Waals surface area contributed by atoms with Gasteiger partial charge in [-0.25, -0.2) is 0 Å². The molecule has 1 saturated carbocycles. The van der Waals surface area contributed by atoms with Crippen LogP contribution in [0.4, 0.5) is 11.4 Å². The molecular formula is C15H23N3O2. The van der Waals surface area contributed by atoms with E-state index in [1.807, 2.05) is 6.07 Å². The topological polar surface area (TPSA) is 58.4 Å². The van der Waals surface area contributed by atoms with Gasteiger partial charge in [-0.1, -0.05) is 12.8 Å². The highest BCUT2D eigenvalue weighted by molar-refractivity contribution is 5.53. The molecule has 1 N–H and O–H groups in total. The maximum atomic E-state index is 10.8. The predicted octanol–water partition coefficient (Wildman–Crippen LogP) is 3.19. The molecule has 1 aromatic carbocycles. The molecule has 0 amide bonds. The monoisotopic (exact) mass is 277 g/mol. The van der Waals surface area contributed by atoms with Gasteiger partial charge in [0.15, 0.2) is 0 Å². The van der Waals surface area contributed by atoms with Crippen LogP contribution in [0.5, 0.6) is 0 Å². The summed E-state index contributed by atoms with van der Waals surface area (Å²) in [5.41, 5.74) is 1.83. The van der Waals surface area contributed by atoms with Crippen LogP contribution in [0.2, 0.25) is 0 Å². The van der Waals surface area contributed by atoms with Gasteiger partial charge in [0, 0.05) is 36.4 Å². The fourth-order valence-corrected chi connectivity index (χ4v) is 2.87. The number of aryl methyl sites for hydroxylation is 1. The van der Waals surface area contributed by atoms with E-state index in [9.17, 15) is 10.1 Å². The number of nitrogens with one attached hydrogen (secondary N) is 1. The van der Waals surface area contributed by atoms with Crippen molar-refractivity contribution in [1.82, 2.24) is 4.90 Å². The van der Waals surface area contributed by atoms with E-state index in [1.54, 1.807) is 19.1 Å². The van der Waals surface area contributed by atoms with Gasteiger partial charge < -0.3 is 10.2 Å². The molecule has 20 heavy (non-hydrogen) atoms. The summed E-state index contributed by atoms with van der Waals surface area (Å²) in [6, 6.07) is 5.92. The minimum absolute atomic E-state index is 0.179. The molecule has 1 aliphatic carbocycles. The first-order valence-electron chi connectivity index (χ1n) is 7.27. The molecule has 0 aliphatic heterocycles. The lowest BCUT2D eigenvalue weighted by Gasteiger charge is -2.24. The molecule has 0 bridgehead atoms. The molecule has 0 radical (unpaired) electrons. The zero-order valence-electron chi connectivity index (χ0n) is 12.3. The first-order chi connectivity index (χ1) is 9.58. The third-order valence-electron chi connectivity index (χ3n) is 4.14. The van der Waals surface area contributed by atoms with Gasteiger partial charge >= 0.3 is 0 Å². The van der Waals surface area contributed by atoms with Crippen LogP contribution in [-0.2, 0) is 0 Å². The molecule has 110 valence electrons. The second-order valence-electron chi connectivity index (χ2n) is 5.60. The van der Waals surface area contributed by atoms with E-state index in [4.69, 9.17) is 0 Å². The summed E-state index contributed by atoms with van der Waals surface area (Å²) >= 11 is 0. The maximum Gasteiger partial charge on any atom is 0.272 e. The van der Waals surface area contributed by atoms with Crippen molar-refractivity contribution in [3.63, 3.8) is 0 Å². The van der Waals surface area contributed by atoms with E-state index >= 15 is 0 Å². The summed E-state index contributed by atoms with van der Waals surface area (Å²) in [6.45, 7) is 3.64. The Labute approximate surface area is 120 Å². The molecule has 0 spiro atoms. The Hall–Kier alpha value is -1.62. The predicted molar refractivity (Wildman–Crippen MR) is 81.2 cm³/mol. The first kappa shape index (κ1) is 14.8. The van der Waals surface area contributed by atoms with Gasteiger partial charge in [0.25, 0.3) is 5.69 Å². The van der Waals surface area contributed by atoms with Crippen LogP contribution >= 0.6 is 0 Å². The largest absolute Gasteiger partial charge is 0.384 e. The lowest BCUT2D eigenvalue weighted by atomic mass is 10.2. The molecule has 1 fully saturated rings. The maximum absolute atomic E-state index is 10.8. The van der Waals surface area contributed by atoms with Crippen molar-refractivity contribution in [2.75, 3.05) is 25.5 Å². The number of hydrogen-bond acceptors (Lipinski definition) is 4. The number of hydrogen-bond donors (Lipinski definition) is 1. The van der Waals surface area contributed by atoms with Gasteiger partial charge in [-0.05, 0) is 38.9 Å². The Morgan fingerprint density at radius 3 is 2.70 bits per heavy atom. The number of nitrogens with zero attached hydrogens (tertiary/aromatic N) is 2. The molecule has 0 unspecified atom stereocenters. The lowest BCUT2D eigenvalue weighted by molar-refractivity contribution is -0.385. The van der Waals surface area contributed by atoms with Crippen molar-refractivity contribution in [2.45, 2.75) is 38.6 Å². The summed E-state index contributed by atoms with van der Waals surface area (Å²) in [4.78, 5) is 12.8. The second-order valence-corrected chi connectivity index (χ2v) is 5.60. The summed E-state index contributed by atoms with van der Waals surface area (Å²) in [6.07, 6.45) is 5.33. The standard InChI is InChI=1S/C15H23N3O2/c1-12-11-13(7-8-15(12)18(19)20)16-9-10-17(2)14-5-3-4-6-14/h7-8,11,14,16H,3-6,9-10H2,1-2H3. The average molecular weight is 277 g/mol. The number of rotatable bonds is 6. The molecule has 0 heterocycles. The third kappa shape index (κ3) is 3.70. The van der Waals surface area contributed by atoms with Gasteiger partial charge in [0.2, 0.25) is 0 Å². The Morgan fingerprint density at radius 1 is 1.40 bits per heavy atom. The number of nitro benzene ring substituents is 1. The van der Waals surface area contributed by atoms with Crippen LogP contribution in [0.3, 0.4) is 0 Å². The number of likely N-dealkylation sites (N-methyl/N-ethyl adjacent to an activating group) is 1. The highest BCUT2D eigenvalue weighted by atomic mass is 16.6. The molecule has 1 aromatic rings. The van der Waals surface area contributed by atoms with Gasteiger partial charge in [-0.3, -0.25) is 10.1 Å². The van der Waals surface area contributed by atoms with Gasteiger partial charge in [-0.2, -0.15) is 0 Å². The molecule has 2 rings (SSSR count). The van der Waals surface area contributed by atoms with Gasteiger partial charge in [0.05, 0.1) is 4.92 Å². The molecule has 5 heteroatoms. The van der Waals surface area contributed by atoms with Crippen molar-refractivity contribution in [2.24, 2.45) is 0 Å². The van der Waals surface area contributed by atoms with E-state index < -0.39 is 0 Å². The lowest BCUT2D eigenvalue weighted by Crippen LogP contribution is -2.33. The van der Waals surface area contributed by atoms with Gasteiger partial charge in [0.1, 0.15) is 0 Å². The van der Waals surface area contributed by atoms with E-state index in [-0.39, 0.29) is 10.6 Å². The zero-order chi connectivity index (χ0) is 14.5. The highest BCUT2D eigenvalue weighted by Gasteiger charge is 2.18. The second kappa shape index (κ2) is 6.70. The molecule has 0 aromatic heterocycles. The van der Waals surface area contributed by atoms with Crippen LogP contribution in [0.25, 0.3) is 0 Å². The molecule has 0 saturated heterocycles. The summed E-state index contributed by atoms with van der Waals surface area (Å²) in [5, 5.41) is 14.1. The fourth-order valence-electron chi connectivity index (χ4n) is 2.87. The van der Waals surface area contributed by atoms with Crippen molar-refractivity contribution in [3.05, 3.63) is 33.9 Å². The zero-order valence-corrected chi connectivity index (χ0v) is 12.3. The van der Waals surface area contributed by atoms with E-state index in [2.05, 4.69) is 17.3 Å². The summed E-state index contributed by atoms with van der Waals surface area (Å²) < 4.78 is 0. The van der Waals surface area contributed by atoms with Crippen molar-refractivity contribution in [3.8, 4) is 0 Å². The first-order valence-corrected chi connectivity index (χ1v) is 7.27. The third-order valence-corrected chi connectivity index (χ3v) is 4.14. The Balaban J connectivity index is 1.82. The molecule has 1 aliphatic rings.